The predicted molar refractivity (Wildman–Crippen MR) is 71.7 cm³/mol. The highest BCUT2D eigenvalue weighted by Gasteiger charge is 2.29. The molecule has 1 aromatic rings. The summed E-state index contributed by atoms with van der Waals surface area (Å²) in [6.07, 6.45) is 0. The largest absolute Gasteiger partial charge is 0.361 e. The fourth-order valence-corrected chi connectivity index (χ4v) is 3.48. The van der Waals surface area contributed by atoms with Gasteiger partial charge in [-0.05, 0) is 39.3 Å². The third-order valence-corrected chi connectivity index (χ3v) is 4.78. The van der Waals surface area contributed by atoms with Crippen LogP contribution in [0.1, 0.15) is 36.7 Å². The molecule has 0 bridgehead atoms. The zero-order valence-electron chi connectivity index (χ0n) is 11.2. The number of hydrogen-bond acceptors (Lipinski definition) is 4. The smallest absolute Gasteiger partial charge is 0.305 e. The summed E-state index contributed by atoms with van der Waals surface area (Å²) in [6.45, 7) is 7.40. The van der Waals surface area contributed by atoms with Gasteiger partial charge >= 0.3 is 7.60 Å². The Hall–Kier alpha value is -0.960. The van der Waals surface area contributed by atoms with Gasteiger partial charge in [0.05, 0.1) is 18.5 Å². The third kappa shape index (κ3) is 3.29. The summed E-state index contributed by atoms with van der Waals surface area (Å²) in [4.78, 5) is 11.4. The molecular weight excluding hydrogens is 251 g/mol. The number of benzene rings is 1. The van der Waals surface area contributed by atoms with Gasteiger partial charge in [0.25, 0.3) is 0 Å². The van der Waals surface area contributed by atoms with Crippen molar-refractivity contribution < 1.29 is 18.4 Å². The molecular formula is C13H19O4P. The Labute approximate surface area is 108 Å². The van der Waals surface area contributed by atoms with Crippen molar-refractivity contribution in [3.8, 4) is 0 Å². The summed E-state index contributed by atoms with van der Waals surface area (Å²) in [5.74, 6) is -0.0733. The van der Waals surface area contributed by atoms with E-state index in [4.69, 9.17) is 9.05 Å². The minimum Gasteiger partial charge on any atom is -0.305 e. The second-order valence-corrected chi connectivity index (χ2v) is 5.88. The van der Waals surface area contributed by atoms with E-state index in [1.54, 1.807) is 32.0 Å². The van der Waals surface area contributed by atoms with Gasteiger partial charge in [0.1, 0.15) is 0 Å². The summed E-state index contributed by atoms with van der Waals surface area (Å²) < 4.78 is 23.2. The summed E-state index contributed by atoms with van der Waals surface area (Å²) in [7, 11) is -3.33. The third-order valence-electron chi connectivity index (χ3n) is 2.51. The number of rotatable bonds is 6. The van der Waals surface area contributed by atoms with E-state index in [9.17, 15) is 9.36 Å². The standard InChI is InChI=1S/C13H19O4P/c1-5-16-18(15,17-6-2)13-9-12(11(4)14)8-7-10(13)3/h7-9H,5-6H2,1-4H3. The lowest BCUT2D eigenvalue weighted by Gasteiger charge is -2.19. The SMILES string of the molecule is CCOP(=O)(OCC)c1cc(C(C)=O)ccc1C. The van der Waals surface area contributed by atoms with Crippen LogP contribution in [0.4, 0.5) is 0 Å². The van der Waals surface area contributed by atoms with E-state index >= 15 is 0 Å². The van der Waals surface area contributed by atoms with Gasteiger partial charge in [0.2, 0.25) is 0 Å². The van der Waals surface area contributed by atoms with Crippen LogP contribution in [0.25, 0.3) is 0 Å². The van der Waals surface area contributed by atoms with E-state index in [0.717, 1.165) is 5.56 Å². The van der Waals surface area contributed by atoms with E-state index in [1.165, 1.54) is 6.92 Å². The lowest BCUT2D eigenvalue weighted by atomic mass is 10.1. The molecule has 1 rings (SSSR count). The number of aryl methyl sites for hydroxylation is 1. The van der Waals surface area contributed by atoms with Crippen molar-refractivity contribution in [3.05, 3.63) is 29.3 Å². The van der Waals surface area contributed by atoms with Crippen molar-refractivity contribution in [2.75, 3.05) is 13.2 Å². The molecule has 0 aliphatic carbocycles. The first kappa shape index (κ1) is 15.1. The van der Waals surface area contributed by atoms with Crippen LogP contribution in [0.2, 0.25) is 0 Å². The number of Topliss-reactive ketones (excluding diaryl/α,β-unsaturated/α-hetero) is 1. The van der Waals surface area contributed by atoms with Crippen LogP contribution in [-0.2, 0) is 13.6 Å². The topological polar surface area (TPSA) is 52.6 Å². The van der Waals surface area contributed by atoms with E-state index in [-0.39, 0.29) is 5.78 Å². The first-order valence-electron chi connectivity index (χ1n) is 5.96. The van der Waals surface area contributed by atoms with Gasteiger partial charge < -0.3 is 9.05 Å². The second kappa shape index (κ2) is 6.28. The number of hydrogen-bond donors (Lipinski definition) is 0. The van der Waals surface area contributed by atoms with Crippen LogP contribution < -0.4 is 5.30 Å². The van der Waals surface area contributed by atoms with Crippen LogP contribution in [0, 0.1) is 6.92 Å². The van der Waals surface area contributed by atoms with Gasteiger partial charge in [-0.1, -0.05) is 12.1 Å². The molecule has 100 valence electrons. The normalized spacial score (nSPS) is 11.6. The molecule has 0 heterocycles. The van der Waals surface area contributed by atoms with E-state index in [2.05, 4.69) is 0 Å². The molecule has 0 radical (unpaired) electrons. The highest BCUT2D eigenvalue weighted by atomic mass is 31.2. The number of ketones is 1. The average molecular weight is 270 g/mol. The monoisotopic (exact) mass is 270 g/mol. The molecule has 0 saturated carbocycles. The first-order valence-corrected chi connectivity index (χ1v) is 7.50. The molecule has 0 spiro atoms. The van der Waals surface area contributed by atoms with Crippen molar-refractivity contribution in [1.29, 1.82) is 0 Å². The van der Waals surface area contributed by atoms with Crippen LogP contribution in [-0.4, -0.2) is 19.0 Å². The summed E-state index contributed by atoms with van der Waals surface area (Å²) in [6, 6.07) is 5.07. The molecule has 0 saturated heterocycles. The summed E-state index contributed by atoms with van der Waals surface area (Å²) in [5.41, 5.74) is 1.31. The molecule has 1 aromatic carbocycles. The molecule has 0 atom stereocenters. The quantitative estimate of drug-likeness (QED) is 0.588. The maximum Gasteiger partial charge on any atom is 0.361 e. The molecule has 0 N–H and O–H groups in total. The highest BCUT2D eigenvalue weighted by molar-refractivity contribution is 7.62. The van der Waals surface area contributed by atoms with Crippen molar-refractivity contribution in [2.24, 2.45) is 0 Å². The number of carbonyl (C=O) groups excluding carboxylic acids is 1. The fourth-order valence-electron chi connectivity index (χ4n) is 1.64. The Morgan fingerprint density at radius 2 is 1.78 bits per heavy atom. The summed E-state index contributed by atoms with van der Waals surface area (Å²) >= 11 is 0. The molecule has 4 nitrogen and oxygen atoms in total. The lowest BCUT2D eigenvalue weighted by molar-refractivity contribution is 0.101. The maximum absolute atomic E-state index is 12.7. The molecule has 0 fully saturated rings. The molecule has 0 aliphatic heterocycles. The zero-order chi connectivity index (χ0) is 13.8. The van der Waals surface area contributed by atoms with Crippen LogP contribution >= 0.6 is 7.60 Å². The molecule has 18 heavy (non-hydrogen) atoms. The minimum atomic E-state index is -3.33. The Morgan fingerprint density at radius 1 is 1.22 bits per heavy atom. The van der Waals surface area contributed by atoms with Crippen molar-refractivity contribution >= 4 is 18.7 Å². The Kier molecular flexibility index (Phi) is 5.27. The Morgan fingerprint density at radius 3 is 2.22 bits per heavy atom. The Bertz CT molecular complexity index is 472. The maximum atomic E-state index is 12.7. The second-order valence-electron chi connectivity index (χ2n) is 3.89. The molecule has 0 aromatic heterocycles. The van der Waals surface area contributed by atoms with Crippen LogP contribution in [0.3, 0.4) is 0 Å². The van der Waals surface area contributed by atoms with Gasteiger partial charge in [-0.15, -0.1) is 0 Å². The Balaban J connectivity index is 3.31. The molecule has 0 unspecified atom stereocenters. The van der Waals surface area contributed by atoms with E-state index in [1.807, 2.05) is 6.92 Å². The van der Waals surface area contributed by atoms with Crippen molar-refractivity contribution in [1.82, 2.24) is 0 Å². The summed E-state index contributed by atoms with van der Waals surface area (Å²) in [5, 5.41) is 0.471. The minimum absolute atomic E-state index is 0.0733. The van der Waals surface area contributed by atoms with Gasteiger partial charge in [-0.3, -0.25) is 9.36 Å². The van der Waals surface area contributed by atoms with Crippen LogP contribution in [0.15, 0.2) is 18.2 Å². The van der Waals surface area contributed by atoms with Crippen LogP contribution in [0.5, 0.6) is 0 Å². The predicted octanol–water partition coefficient (Wildman–Crippen LogP) is 3.09. The van der Waals surface area contributed by atoms with Gasteiger partial charge in [0, 0.05) is 5.56 Å². The molecule has 0 aliphatic rings. The van der Waals surface area contributed by atoms with Gasteiger partial charge in [-0.2, -0.15) is 0 Å². The van der Waals surface area contributed by atoms with Gasteiger partial charge in [0.15, 0.2) is 5.78 Å². The lowest BCUT2D eigenvalue weighted by Crippen LogP contribution is -2.15. The van der Waals surface area contributed by atoms with Crippen molar-refractivity contribution in [2.45, 2.75) is 27.7 Å². The zero-order valence-corrected chi connectivity index (χ0v) is 12.1. The number of carbonyl (C=O) groups is 1. The van der Waals surface area contributed by atoms with Crippen molar-refractivity contribution in [3.63, 3.8) is 0 Å². The molecule has 0 amide bonds. The van der Waals surface area contributed by atoms with Gasteiger partial charge in [-0.25, -0.2) is 0 Å². The highest BCUT2D eigenvalue weighted by Crippen LogP contribution is 2.47. The fraction of sp³-hybridized carbons (Fsp3) is 0.462. The molecule has 5 heteroatoms. The van der Waals surface area contributed by atoms with E-state index < -0.39 is 7.60 Å². The van der Waals surface area contributed by atoms with E-state index in [0.29, 0.717) is 24.1 Å². The first-order chi connectivity index (χ1) is 8.44. The average Bonchev–Trinajstić information content (AvgIpc) is 2.29.